The van der Waals surface area contributed by atoms with E-state index in [9.17, 15) is 46.7 Å². The van der Waals surface area contributed by atoms with Gasteiger partial charge >= 0.3 is 47.8 Å². The Balaban J connectivity index is 3.91. The molecule has 0 spiro atoms. The van der Waals surface area contributed by atoms with Crippen molar-refractivity contribution in [1.82, 2.24) is 5.32 Å². The van der Waals surface area contributed by atoms with Gasteiger partial charge < -0.3 is 38.5 Å². The Morgan fingerprint density at radius 2 is 1.49 bits per heavy atom. The second-order valence-electron chi connectivity index (χ2n) is 8.68. The molecule has 6 atom stereocenters. The van der Waals surface area contributed by atoms with Crippen LogP contribution in [0, 0.1) is 0 Å². The number of hydrogen-bond donors (Lipinski definition) is 1. The Morgan fingerprint density at radius 1 is 0.902 bits per heavy atom. The van der Waals surface area contributed by atoms with Crippen molar-refractivity contribution in [3.63, 3.8) is 0 Å². The average molecular weight is 601 g/mol. The first-order chi connectivity index (χ1) is 18.8. The normalized spacial score (nSPS) is 23.6. The Hall–Kier alpha value is -3.96. The van der Waals surface area contributed by atoms with Gasteiger partial charge in [0.15, 0.2) is 12.2 Å². The van der Waals surface area contributed by atoms with Crippen molar-refractivity contribution < 1.29 is 79.9 Å². The summed E-state index contributed by atoms with van der Waals surface area (Å²) in [5.41, 5.74) is 0. The lowest BCUT2D eigenvalue weighted by molar-refractivity contribution is -0.304. The van der Waals surface area contributed by atoms with Gasteiger partial charge in [0.25, 0.3) is 0 Å². The lowest BCUT2D eigenvalue weighted by Gasteiger charge is -2.48. The molecule has 0 aliphatic carbocycles. The maximum Gasteiger partial charge on any atom is 0.397 e. The summed E-state index contributed by atoms with van der Waals surface area (Å²) in [6.45, 7) is 3.67. The quantitative estimate of drug-likeness (QED) is 0.245. The van der Waals surface area contributed by atoms with Crippen LogP contribution in [0.1, 0.15) is 47.5 Å². The van der Waals surface area contributed by atoms with Crippen molar-refractivity contribution in [3.05, 3.63) is 0 Å². The molecule has 232 valence electrons. The first-order valence-corrected chi connectivity index (χ1v) is 11.8. The van der Waals surface area contributed by atoms with E-state index >= 15 is 0 Å². The van der Waals surface area contributed by atoms with E-state index in [0.717, 1.165) is 41.7 Å². The zero-order valence-electron chi connectivity index (χ0n) is 22.9. The average Bonchev–Trinajstić information content (AvgIpc) is 2.78. The Kier molecular flexibility index (Phi) is 12.5. The van der Waals surface area contributed by atoms with E-state index in [1.54, 1.807) is 0 Å². The number of ether oxygens (including phenoxy) is 7. The summed E-state index contributed by atoms with van der Waals surface area (Å²) in [6.07, 6.45) is -15.6. The van der Waals surface area contributed by atoms with E-state index in [0.29, 0.717) is 0 Å². The molecule has 18 heteroatoms. The van der Waals surface area contributed by atoms with E-state index in [-0.39, 0.29) is 0 Å². The van der Waals surface area contributed by atoms with Crippen LogP contribution in [-0.4, -0.2) is 97.9 Å². The molecule has 1 rings (SSSR count). The van der Waals surface area contributed by atoms with Gasteiger partial charge in [0.2, 0.25) is 5.91 Å². The Bertz CT molecular complexity index is 1030. The number of carbonyl (C=O) groups is 7. The molecule has 1 N–H and O–H groups in total. The van der Waals surface area contributed by atoms with Crippen LogP contribution < -0.4 is 5.32 Å². The molecule has 0 saturated carbocycles. The predicted octanol–water partition coefficient (Wildman–Crippen LogP) is 0.00310. The molecule has 0 radical (unpaired) electrons. The first kappa shape index (κ1) is 35.1. The van der Waals surface area contributed by atoms with Gasteiger partial charge in [-0.2, -0.15) is 13.2 Å². The maximum atomic E-state index is 13.0. The van der Waals surface area contributed by atoms with Crippen molar-refractivity contribution in [2.45, 2.75) is 89.9 Å². The van der Waals surface area contributed by atoms with Gasteiger partial charge in [-0.3, -0.25) is 28.8 Å². The molecule has 1 aliphatic heterocycles. The molecule has 1 aliphatic rings. The lowest BCUT2D eigenvalue weighted by atomic mass is 9.87. The second-order valence-corrected chi connectivity index (χ2v) is 8.68. The number of methoxy groups -OCH3 is 1. The molecule has 0 aromatic heterocycles. The molecule has 1 heterocycles. The van der Waals surface area contributed by atoms with Crippen molar-refractivity contribution in [2.75, 3.05) is 13.7 Å². The van der Waals surface area contributed by atoms with Crippen LogP contribution in [0.2, 0.25) is 0 Å². The minimum absolute atomic E-state index is 0.826. The third-order valence-electron chi connectivity index (χ3n) is 5.12. The second kappa shape index (κ2) is 14.6. The standard InChI is InChI=1S/C23H30F3NO14/c1-10(28)36-9-16(38-12(3)30)19(39-13(4)31)20-18(27-17(33)8-23(24,25)26)15(37-11(2)29)7-22(41-20,21(34)35-6)40-14(5)32/h15-16,18-20H,7-9H2,1-6H3,(H,27,33)/t15-,16+,18+,19-,20+,22?/m0/s1. The highest BCUT2D eigenvalue weighted by molar-refractivity contribution is 5.82. The van der Waals surface area contributed by atoms with Crippen molar-refractivity contribution >= 4 is 41.7 Å². The maximum absolute atomic E-state index is 13.0. The summed E-state index contributed by atoms with van der Waals surface area (Å²) in [5.74, 6) is -11.1. The minimum Gasteiger partial charge on any atom is -0.464 e. The number of nitrogens with one attached hydrogen (secondary N) is 1. The number of hydrogen-bond acceptors (Lipinski definition) is 14. The largest absolute Gasteiger partial charge is 0.464 e. The molecule has 1 amide bonds. The van der Waals surface area contributed by atoms with Gasteiger partial charge in [-0.25, -0.2) is 4.79 Å². The minimum atomic E-state index is -5.00. The molecular weight excluding hydrogens is 571 g/mol. The Labute approximate surface area is 231 Å². The van der Waals surface area contributed by atoms with E-state index in [2.05, 4.69) is 4.74 Å². The molecule has 1 fully saturated rings. The van der Waals surface area contributed by atoms with Crippen LogP contribution in [0.5, 0.6) is 0 Å². The predicted molar refractivity (Wildman–Crippen MR) is 122 cm³/mol. The highest BCUT2D eigenvalue weighted by Crippen LogP contribution is 2.37. The SMILES string of the molecule is COC(=O)C1(OC(C)=O)C[C@H](OC(C)=O)[C@@H](NC(=O)CC(F)(F)F)[C@H]([C@@H](OC(C)=O)[C@@H](COC(C)=O)OC(C)=O)O1. The highest BCUT2D eigenvalue weighted by atomic mass is 19.4. The molecule has 41 heavy (non-hydrogen) atoms. The summed E-state index contributed by atoms with van der Waals surface area (Å²) >= 11 is 0. The van der Waals surface area contributed by atoms with Crippen molar-refractivity contribution in [2.24, 2.45) is 0 Å². The smallest absolute Gasteiger partial charge is 0.397 e. The van der Waals surface area contributed by atoms with Gasteiger partial charge in [-0.05, 0) is 0 Å². The van der Waals surface area contributed by atoms with Crippen LogP contribution in [-0.2, 0) is 66.7 Å². The molecule has 1 saturated heterocycles. The summed E-state index contributed by atoms with van der Waals surface area (Å²) in [6, 6.07) is -1.87. The molecular formula is C23H30F3NO14. The molecule has 0 aromatic carbocycles. The van der Waals surface area contributed by atoms with E-state index < -0.39 is 104 Å². The fraction of sp³-hybridized carbons (Fsp3) is 0.696. The van der Waals surface area contributed by atoms with Crippen LogP contribution in [0.15, 0.2) is 0 Å². The number of halogens is 3. The first-order valence-electron chi connectivity index (χ1n) is 11.8. The molecule has 15 nitrogen and oxygen atoms in total. The number of carbonyl (C=O) groups excluding carboxylic acids is 7. The van der Waals surface area contributed by atoms with Gasteiger partial charge in [0.1, 0.15) is 25.2 Å². The number of rotatable bonds is 11. The lowest BCUT2D eigenvalue weighted by Crippen LogP contribution is -2.69. The number of esters is 6. The van der Waals surface area contributed by atoms with Crippen LogP contribution >= 0.6 is 0 Å². The van der Waals surface area contributed by atoms with Crippen molar-refractivity contribution in [3.8, 4) is 0 Å². The third kappa shape index (κ3) is 11.2. The van der Waals surface area contributed by atoms with E-state index in [1.807, 2.05) is 5.32 Å². The highest BCUT2D eigenvalue weighted by Gasteiger charge is 2.60. The zero-order valence-corrected chi connectivity index (χ0v) is 22.9. The summed E-state index contributed by atoms with van der Waals surface area (Å²) < 4.78 is 74.8. The molecule has 0 aromatic rings. The summed E-state index contributed by atoms with van der Waals surface area (Å²) in [4.78, 5) is 84.6. The van der Waals surface area contributed by atoms with E-state index in [1.165, 1.54) is 0 Å². The van der Waals surface area contributed by atoms with Gasteiger partial charge in [0, 0.05) is 34.6 Å². The summed E-state index contributed by atoms with van der Waals surface area (Å²) in [7, 11) is 0.857. The molecule has 0 bridgehead atoms. The number of amides is 1. The van der Waals surface area contributed by atoms with Gasteiger partial charge in [0.05, 0.1) is 19.6 Å². The third-order valence-corrected chi connectivity index (χ3v) is 5.12. The van der Waals surface area contributed by atoms with Gasteiger partial charge in [-0.1, -0.05) is 0 Å². The Morgan fingerprint density at radius 3 is 1.93 bits per heavy atom. The van der Waals surface area contributed by atoms with E-state index in [4.69, 9.17) is 28.4 Å². The van der Waals surface area contributed by atoms with Crippen LogP contribution in [0.3, 0.4) is 0 Å². The van der Waals surface area contributed by atoms with Crippen molar-refractivity contribution in [1.29, 1.82) is 0 Å². The van der Waals surface area contributed by atoms with Crippen LogP contribution in [0.25, 0.3) is 0 Å². The summed E-state index contributed by atoms with van der Waals surface area (Å²) in [5, 5.41) is 1.96. The fourth-order valence-electron chi connectivity index (χ4n) is 3.92. The monoisotopic (exact) mass is 601 g/mol. The molecule has 1 unspecified atom stereocenters. The van der Waals surface area contributed by atoms with Gasteiger partial charge in [-0.15, -0.1) is 0 Å². The fourth-order valence-corrected chi connectivity index (χ4v) is 3.92. The van der Waals surface area contributed by atoms with Crippen LogP contribution in [0.4, 0.5) is 13.2 Å². The topological polar surface area (TPSA) is 196 Å². The zero-order chi connectivity index (χ0) is 31.7. The number of alkyl halides is 3.